The average Bonchev–Trinajstić information content (AvgIpc) is 2.87. The lowest BCUT2D eigenvalue weighted by atomic mass is 10.1. The van der Waals surface area contributed by atoms with Gasteiger partial charge in [0.2, 0.25) is 0 Å². The zero-order valence-electron chi connectivity index (χ0n) is 28.4. The summed E-state index contributed by atoms with van der Waals surface area (Å²) in [5.41, 5.74) is -1.06. The number of hydrogen-bond donors (Lipinski definition) is 0. The molecule has 42 heavy (non-hydrogen) atoms. The normalized spacial score (nSPS) is 12.2. The van der Waals surface area contributed by atoms with Crippen LogP contribution in [-0.2, 0) is 28.6 Å². The van der Waals surface area contributed by atoms with Crippen LogP contribution in [0.1, 0.15) is 158 Å². The first-order valence-corrected chi connectivity index (χ1v) is 16.8. The predicted octanol–water partition coefficient (Wildman–Crippen LogP) is 8.72. The molecule has 0 spiro atoms. The van der Waals surface area contributed by atoms with E-state index in [1.807, 2.05) is 46.4 Å². The Labute approximate surface area is 258 Å². The van der Waals surface area contributed by atoms with Crippen LogP contribution < -0.4 is 0 Å². The molecular formula is C35H65NO6. The maximum Gasteiger partial charge on any atom is 0.307 e. The maximum atomic E-state index is 12.2. The highest BCUT2D eigenvalue weighted by Crippen LogP contribution is 2.12. The smallest absolute Gasteiger partial charge is 0.307 e. The van der Waals surface area contributed by atoms with Crippen LogP contribution in [0.15, 0.2) is 12.2 Å². The van der Waals surface area contributed by atoms with Crippen LogP contribution in [0.4, 0.5) is 0 Å². The molecule has 0 aliphatic rings. The van der Waals surface area contributed by atoms with Gasteiger partial charge in [0.15, 0.2) is 0 Å². The van der Waals surface area contributed by atoms with Crippen LogP contribution in [0.3, 0.4) is 0 Å². The van der Waals surface area contributed by atoms with E-state index in [4.69, 9.17) is 14.2 Å². The number of hydrogen-bond acceptors (Lipinski definition) is 7. The highest BCUT2D eigenvalue weighted by Gasteiger charge is 2.20. The average molecular weight is 596 g/mol. The Morgan fingerprint density at radius 3 is 1.48 bits per heavy atom. The first-order chi connectivity index (χ1) is 19.8. The molecule has 0 aromatic rings. The molecule has 0 atom stereocenters. The van der Waals surface area contributed by atoms with Gasteiger partial charge in [-0.15, -0.1) is 0 Å². The summed E-state index contributed by atoms with van der Waals surface area (Å²) >= 11 is 0. The van der Waals surface area contributed by atoms with Crippen molar-refractivity contribution >= 4 is 17.9 Å². The number of nitrogens with zero attached hydrogens (tertiary/aromatic N) is 1. The number of esters is 3. The van der Waals surface area contributed by atoms with Crippen molar-refractivity contribution in [3.05, 3.63) is 12.2 Å². The number of rotatable bonds is 25. The lowest BCUT2D eigenvalue weighted by Crippen LogP contribution is -2.33. The van der Waals surface area contributed by atoms with Crippen LogP contribution in [0.25, 0.3) is 0 Å². The Kier molecular flexibility index (Phi) is 23.4. The number of carbonyl (C=O) groups excluding carboxylic acids is 3. The second-order valence-corrected chi connectivity index (χ2v) is 13.4. The van der Waals surface area contributed by atoms with Crippen molar-refractivity contribution in [2.24, 2.45) is 0 Å². The van der Waals surface area contributed by atoms with E-state index in [-0.39, 0.29) is 30.7 Å². The van der Waals surface area contributed by atoms with Crippen molar-refractivity contribution in [1.29, 1.82) is 0 Å². The summed E-state index contributed by atoms with van der Waals surface area (Å²) in [7, 11) is 0. The van der Waals surface area contributed by atoms with Gasteiger partial charge in [-0.25, -0.2) is 0 Å². The van der Waals surface area contributed by atoms with Gasteiger partial charge in [0.1, 0.15) is 11.2 Å². The third-order valence-corrected chi connectivity index (χ3v) is 6.63. The Bertz CT molecular complexity index is 703. The van der Waals surface area contributed by atoms with Gasteiger partial charge in [-0.05, 0) is 80.1 Å². The second-order valence-electron chi connectivity index (χ2n) is 13.4. The first kappa shape index (κ1) is 40.1. The second kappa shape index (κ2) is 24.5. The summed E-state index contributed by atoms with van der Waals surface area (Å²) in [6.45, 7) is 15.2. The van der Waals surface area contributed by atoms with Gasteiger partial charge in [0.05, 0.1) is 19.4 Å². The topological polar surface area (TPSA) is 82.1 Å². The van der Waals surface area contributed by atoms with E-state index in [0.717, 1.165) is 25.7 Å². The Balaban J connectivity index is 4.05. The van der Waals surface area contributed by atoms with Gasteiger partial charge in [-0.1, -0.05) is 70.4 Å². The van der Waals surface area contributed by atoms with Crippen LogP contribution in [0, 0.1) is 0 Å². The summed E-state index contributed by atoms with van der Waals surface area (Å²) in [4.78, 5) is 38.5. The minimum atomic E-state index is -0.531. The van der Waals surface area contributed by atoms with Gasteiger partial charge in [0.25, 0.3) is 0 Å². The fourth-order valence-corrected chi connectivity index (χ4v) is 4.51. The molecule has 7 heteroatoms. The van der Waals surface area contributed by atoms with Crippen molar-refractivity contribution in [2.45, 2.75) is 169 Å². The molecule has 0 N–H and O–H groups in total. The largest absolute Gasteiger partial charge is 0.466 e. The number of carbonyl (C=O) groups is 3. The molecule has 0 rings (SSSR count). The molecule has 0 heterocycles. The molecule has 0 aromatic heterocycles. The van der Waals surface area contributed by atoms with Crippen LogP contribution in [0.2, 0.25) is 0 Å². The van der Waals surface area contributed by atoms with E-state index in [1.165, 1.54) is 57.8 Å². The lowest BCUT2D eigenvalue weighted by molar-refractivity contribution is -0.155. The fraction of sp³-hybridized carbons (Fsp3) is 0.857. The molecule has 0 bridgehead atoms. The summed E-state index contributed by atoms with van der Waals surface area (Å²) in [5.74, 6) is -0.686. The van der Waals surface area contributed by atoms with Gasteiger partial charge in [0, 0.05) is 26.1 Å². The molecule has 0 radical (unpaired) electrons. The molecule has 0 unspecified atom stereocenters. The van der Waals surface area contributed by atoms with E-state index in [9.17, 15) is 14.4 Å². The monoisotopic (exact) mass is 595 g/mol. The fourth-order valence-electron chi connectivity index (χ4n) is 4.51. The Morgan fingerprint density at radius 1 is 0.548 bits per heavy atom. The van der Waals surface area contributed by atoms with E-state index in [2.05, 4.69) is 19.1 Å². The minimum Gasteiger partial charge on any atom is -0.466 e. The van der Waals surface area contributed by atoms with Crippen molar-refractivity contribution in [3.63, 3.8) is 0 Å². The van der Waals surface area contributed by atoms with Crippen molar-refractivity contribution in [1.82, 2.24) is 4.90 Å². The maximum absolute atomic E-state index is 12.2. The third-order valence-electron chi connectivity index (χ3n) is 6.63. The van der Waals surface area contributed by atoms with Crippen molar-refractivity contribution in [2.75, 3.05) is 26.2 Å². The highest BCUT2D eigenvalue weighted by atomic mass is 16.6. The molecule has 0 saturated heterocycles. The number of unbranched alkanes of at least 4 members (excludes halogenated alkanes) is 11. The van der Waals surface area contributed by atoms with Gasteiger partial charge >= 0.3 is 17.9 Å². The highest BCUT2D eigenvalue weighted by molar-refractivity contribution is 5.71. The summed E-state index contributed by atoms with van der Waals surface area (Å²) in [6, 6.07) is 0. The summed E-state index contributed by atoms with van der Waals surface area (Å²) in [6.07, 6.45) is 22.2. The number of allylic oxidation sites excluding steroid dienone is 2. The van der Waals surface area contributed by atoms with Crippen molar-refractivity contribution < 1.29 is 28.6 Å². The molecule has 0 fully saturated rings. The predicted molar refractivity (Wildman–Crippen MR) is 172 cm³/mol. The van der Waals surface area contributed by atoms with E-state index >= 15 is 0 Å². The zero-order chi connectivity index (χ0) is 31.7. The Morgan fingerprint density at radius 2 is 1.00 bits per heavy atom. The molecule has 0 saturated carbocycles. The molecular weight excluding hydrogens is 530 g/mol. The summed E-state index contributed by atoms with van der Waals surface area (Å²) in [5, 5.41) is 0. The van der Waals surface area contributed by atoms with Gasteiger partial charge in [-0.2, -0.15) is 0 Å². The Hall–Kier alpha value is -1.89. The standard InChI is InChI=1S/C35H65NO6/c1-8-9-10-11-12-13-14-15-16-17-18-19-20-21-22-24-31(37)40-30-23-27-36(28-25-32(38)41-34(2,3)4)29-26-33(39)42-35(5,6)7/h15-16H,8-14,17-30H2,1-7H3/b16-15-. The van der Waals surface area contributed by atoms with Crippen LogP contribution in [-0.4, -0.2) is 60.3 Å². The van der Waals surface area contributed by atoms with E-state index < -0.39 is 11.2 Å². The molecule has 7 nitrogen and oxygen atoms in total. The zero-order valence-corrected chi connectivity index (χ0v) is 28.4. The van der Waals surface area contributed by atoms with E-state index in [1.54, 1.807) is 0 Å². The molecule has 246 valence electrons. The summed E-state index contributed by atoms with van der Waals surface area (Å²) < 4.78 is 16.3. The van der Waals surface area contributed by atoms with Crippen LogP contribution >= 0.6 is 0 Å². The molecule has 0 aliphatic heterocycles. The van der Waals surface area contributed by atoms with Crippen LogP contribution in [0.5, 0.6) is 0 Å². The van der Waals surface area contributed by atoms with Gasteiger partial charge in [-0.3, -0.25) is 14.4 Å². The van der Waals surface area contributed by atoms with Gasteiger partial charge < -0.3 is 19.1 Å². The minimum absolute atomic E-state index is 0.151. The first-order valence-electron chi connectivity index (χ1n) is 16.8. The van der Waals surface area contributed by atoms with Crippen molar-refractivity contribution in [3.8, 4) is 0 Å². The number of ether oxygens (including phenoxy) is 3. The third kappa shape index (κ3) is 29.6. The molecule has 0 amide bonds. The quantitative estimate of drug-likeness (QED) is 0.0452. The SMILES string of the molecule is CCCCCCCC/C=C\CCCCCCCC(=O)OCCCN(CCC(=O)OC(C)(C)C)CCC(=O)OC(C)(C)C. The van der Waals surface area contributed by atoms with E-state index in [0.29, 0.717) is 39.1 Å². The molecule has 0 aromatic carbocycles. The molecule has 0 aliphatic carbocycles. The lowest BCUT2D eigenvalue weighted by Gasteiger charge is -2.25.